The summed E-state index contributed by atoms with van der Waals surface area (Å²) in [6, 6.07) is 0. The SMILES string of the molecule is CC1CCCCCCC1.NC(O)CNSF. The lowest BCUT2D eigenvalue weighted by molar-refractivity contribution is 0.187. The normalized spacial score (nSPS) is 20.2. The molecular weight excluding hydrogens is 227 g/mol. The summed E-state index contributed by atoms with van der Waals surface area (Å²) in [6.45, 7) is 2.46. The van der Waals surface area contributed by atoms with Crippen molar-refractivity contribution in [2.75, 3.05) is 6.54 Å². The predicted molar refractivity (Wildman–Crippen MR) is 68.4 cm³/mol. The van der Waals surface area contributed by atoms with E-state index >= 15 is 0 Å². The Morgan fingerprint density at radius 3 is 2.19 bits per heavy atom. The predicted octanol–water partition coefficient (Wildman–Crippen LogP) is 2.75. The molecule has 1 saturated carbocycles. The number of nitrogens with one attached hydrogen (secondary N) is 1. The molecule has 0 amide bonds. The second-order valence-electron chi connectivity index (χ2n) is 4.44. The van der Waals surface area contributed by atoms with Gasteiger partial charge in [0, 0.05) is 6.54 Å². The minimum absolute atomic E-state index is 0.0600. The van der Waals surface area contributed by atoms with Gasteiger partial charge in [0.1, 0.15) is 18.6 Å². The molecule has 1 unspecified atom stereocenters. The molecule has 98 valence electrons. The van der Waals surface area contributed by atoms with Crippen LogP contribution in [0.25, 0.3) is 0 Å². The number of aliphatic hydroxyl groups is 1. The molecule has 1 rings (SSSR count). The summed E-state index contributed by atoms with van der Waals surface area (Å²) in [5, 5.41) is 8.22. The van der Waals surface area contributed by atoms with Gasteiger partial charge in [-0.05, 0) is 5.92 Å². The van der Waals surface area contributed by atoms with Gasteiger partial charge in [0.15, 0.2) is 0 Å². The maximum Gasteiger partial charge on any atom is 0.131 e. The highest BCUT2D eigenvalue weighted by molar-refractivity contribution is 7.92. The van der Waals surface area contributed by atoms with Crippen LogP contribution in [-0.2, 0) is 0 Å². The van der Waals surface area contributed by atoms with E-state index in [1.807, 2.05) is 0 Å². The molecule has 0 aliphatic heterocycles. The van der Waals surface area contributed by atoms with E-state index in [0.29, 0.717) is 0 Å². The smallest absolute Gasteiger partial charge is 0.131 e. The van der Waals surface area contributed by atoms with Gasteiger partial charge in [0.2, 0.25) is 0 Å². The van der Waals surface area contributed by atoms with Crippen LogP contribution < -0.4 is 10.5 Å². The Kier molecular flexibility index (Phi) is 11.8. The third-order valence-electron chi connectivity index (χ3n) is 2.74. The van der Waals surface area contributed by atoms with Crippen LogP contribution in [0.3, 0.4) is 0 Å². The van der Waals surface area contributed by atoms with Gasteiger partial charge >= 0.3 is 0 Å². The first kappa shape index (κ1) is 16.2. The zero-order valence-electron chi connectivity index (χ0n) is 10.1. The minimum atomic E-state index is -0.969. The number of hydrogen-bond acceptors (Lipinski definition) is 4. The van der Waals surface area contributed by atoms with Crippen molar-refractivity contribution in [2.45, 2.75) is 58.1 Å². The minimum Gasteiger partial charge on any atom is -0.377 e. The van der Waals surface area contributed by atoms with Crippen molar-refractivity contribution in [3.8, 4) is 0 Å². The van der Waals surface area contributed by atoms with Gasteiger partial charge in [-0.1, -0.05) is 51.9 Å². The van der Waals surface area contributed by atoms with Crippen molar-refractivity contribution in [3.05, 3.63) is 0 Å². The topological polar surface area (TPSA) is 58.3 Å². The number of rotatable bonds is 3. The highest BCUT2D eigenvalue weighted by Gasteiger charge is 2.04. The van der Waals surface area contributed by atoms with Crippen molar-refractivity contribution in [1.29, 1.82) is 0 Å². The van der Waals surface area contributed by atoms with Crippen molar-refractivity contribution >= 4 is 12.3 Å². The molecule has 5 heteroatoms. The Hall–Kier alpha value is 0.160. The highest BCUT2D eigenvalue weighted by Crippen LogP contribution is 2.20. The van der Waals surface area contributed by atoms with Crippen molar-refractivity contribution in [1.82, 2.24) is 4.72 Å². The summed E-state index contributed by atoms with van der Waals surface area (Å²) in [6.07, 6.45) is 9.45. The Morgan fingerprint density at radius 2 is 1.81 bits per heavy atom. The maximum absolute atomic E-state index is 11.0. The van der Waals surface area contributed by atoms with Gasteiger partial charge in [-0.3, -0.25) is 0 Å². The van der Waals surface area contributed by atoms with Gasteiger partial charge in [0.05, 0.1) is 0 Å². The lowest BCUT2D eigenvalue weighted by Gasteiger charge is -2.13. The van der Waals surface area contributed by atoms with E-state index in [4.69, 9.17) is 10.8 Å². The average molecular weight is 252 g/mol. The van der Waals surface area contributed by atoms with Crippen LogP contribution >= 0.6 is 12.3 Å². The third kappa shape index (κ3) is 12.2. The highest BCUT2D eigenvalue weighted by atomic mass is 32.2. The molecule has 0 aromatic heterocycles. The largest absolute Gasteiger partial charge is 0.377 e. The van der Waals surface area contributed by atoms with E-state index in [9.17, 15) is 3.89 Å². The second kappa shape index (κ2) is 11.6. The van der Waals surface area contributed by atoms with Crippen LogP contribution in [-0.4, -0.2) is 17.9 Å². The Balaban J connectivity index is 0.000000293. The zero-order chi connectivity index (χ0) is 12.2. The van der Waals surface area contributed by atoms with Crippen molar-refractivity contribution < 1.29 is 8.99 Å². The van der Waals surface area contributed by atoms with Crippen molar-refractivity contribution in [3.63, 3.8) is 0 Å². The van der Waals surface area contributed by atoms with Gasteiger partial charge < -0.3 is 10.8 Å². The molecule has 1 atom stereocenters. The summed E-state index contributed by atoms with van der Waals surface area (Å²) in [7, 11) is 0. The molecule has 0 aromatic carbocycles. The van der Waals surface area contributed by atoms with Gasteiger partial charge in [0.25, 0.3) is 0 Å². The summed E-state index contributed by atoms with van der Waals surface area (Å²) >= 11 is -0.0600. The van der Waals surface area contributed by atoms with E-state index in [2.05, 4.69) is 11.6 Å². The molecule has 4 N–H and O–H groups in total. The summed E-state index contributed by atoms with van der Waals surface area (Å²) in [4.78, 5) is 0. The standard InChI is InChI=1S/C9H18.C2H7FN2OS/c1-9-7-5-3-2-4-6-8-9;3-7-5-1-2(4)6/h9H,2-8H2,1H3;2,5-6H,1,4H2. The molecule has 3 nitrogen and oxygen atoms in total. The molecule has 1 fully saturated rings. The molecule has 0 bridgehead atoms. The average Bonchev–Trinajstić information content (AvgIpc) is 2.21. The lowest BCUT2D eigenvalue weighted by Crippen LogP contribution is -2.29. The second-order valence-corrected chi connectivity index (χ2v) is 4.89. The molecule has 0 radical (unpaired) electrons. The lowest BCUT2D eigenvalue weighted by atomic mass is 9.93. The fourth-order valence-corrected chi connectivity index (χ4v) is 2.01. The van der Waals surface area contributed by atoms with Crippen LogP contribution in [0, 0.1) is 5.92 Å². The van der Waals surface area contributed by atoms with E-state index in [1.165, 1.54) is 44.9 Å². The number of hydrogen-bond donors (Lipinski definition) is 3. The van der Waals surface area contributed by atoms with Crippen LogP contribution in [0.4, 0.5) is 3.89 Å². The molecule has 1 aliphatic rings. The molecule has 0 saturated heterocycles. The number of halogens is 1. The molecule has 0 aromatic rings. The fraction of sp³-hybridized carbons (Fsp3) is 1.00. The monoisotopic (exact) mass is 252 g/mol. The number of aliphatic hydroxyl groups excluding tert-OH is 1. The maximum atomic E-state index is 11.0. The van der Waals surface area contributed by atoms with Crippen LogP contribution in [0.2, 0.25) is 0 Å². The first-order valence-corrected chi connectivity index (χ1v) is 6.82. The molecule has 1 aliphatic carbocycles. The van der Waals surface area contributed by atoms with Crippen LogP contribution in [0.5, 0.6) is 0 Å². The first-order valence-electron chi connectivity index (χ1n) is 6.11. The quantitative estimate of drug-likeness (QED) is 0.534. The molecule has 0 spiro atoms. The van der Waals surface area contributed by atoms with E-state index in [0.717, 1.165) is 5.92 Å². The summed E-state index contributed by atoms with van der Waals surface area (Å²) < 4.78 is 13.1. The molecule has 0 heterocycles. The van der Waals surface area contributed by atoms with Gasteiger partial charge in [-0.2, -0.15) is 0 Å². The molecule has 16 heavy (non-hydrogen) atoms. The van der Waals surface area contributed by atoms with Crippen molar-refractivity contribution in [2.24, 2.45) is 11.7 Å². The first-order chi connectivity index (χ1) is 7.66. The Bertz CT molecular complexity index is 142. The summed E-state index contributed by atoms with van der Waals surface area (Å²) in [5.41, 5.74) is 4.79. The van der Waals surface area contributed by atoms with E-state index in [1.54, 1.807) is 0 Å². The summed E-state index contributed by atoms with van der Waals surface area (Å²) in [5.74, 6) is 1.02. The fourth-order valence-electron chi connectivity index (χ4n) is 1.78. The zero-order valence-corrected chi connectivity index (χ0v) is 10.9. The van der Waals surface area contributed by atoms with Gasteiger partial charge in [-0.15, -0.1) is 3.89 Å². The van der Waals surface area contributed by atoms with Gasteiger partial charge in [-0.25, -0.2) is 4.72 Å². The Labute approximate surface area is 103 Å². The van der Waals surface area contributed by atoms with Crippen LogP contribution in [0.15, 0.2) is 0 Å². The number of nitrogens with two attached hydrogens (primary N) is 1. The third-order valence-corrected chi connectivity index (χ3v) is 3.02. The van der Waals surface area contributed by atoms with Crippen LogP contribution in [0.1, 0.15) is 51.9 Å². The van der Waals surface area contributed by atoms with E-state index in [-0.39, 0.29) is 18.9 Å². The molecular formula is C11H25FN2OS. The van der Waals surface area contributed by atoms with E-state index < -0.39 is 6.23 Å². The Morgan fingerprint density at radius 1 is 1.31 bits per heavy atom.